The van der Waals surface area contributed by atoms with Crippen LogP contribution < -0.4 is 5.32 Å². The van der Waals surface area contributed by atoms with Gasteiger partial charge in [0.25, 0.3) is 0 Å². The molecule has 0 aliphatic rings. The average Bonchev–Trinajstić information content (AvgIpc) is 2.28. The topological polar surface area (TPSA) is 21.3 Å². The van der Waals surface area contributed by atoms with Crippen LogP contribution in [0.5, 0.6) is 0 Å². The number of thioether (sulfide) groups is 1. The summed E-state index contributed by atoms with van der Waals surface area (Å²) in [5.74, 6) is -0.0797. The van der Waals surface area contributed by atoms with Gasteiger partial charge >= 0.3 is 0 Å². The molecule has 90 valence electrons. The van der Waals surface area contributed by atoms with Crippen LogP contribution in [0.3, 0.4) is 0 Å². The van der Waals surface area contributed by atoms with Gasteiger partial charge in [-0.1, -0.05) is 0 Å². The molecule has 0 atom stereocenters. The zero-order valence-corrected chi connectivity index (χ0v) is 9.95. The lowest BCUT2D eigenvalue weighted by atomic mass is 10.3. The zero-order valence-electron chi connectivity index (χ0n) is 9.13. The summed E-state index contributed by atoms with van der Waals surface area (Å²) in [4.78, 5) is 0.355. The highest BCUT2D eigenvalue weighted by Gasteiger charge is 2.03. The Morgan fingerprint density at radius 1 is 1.31 bits per heavy atom. The second-order valence-electron chi connectivity index (χ2n) is 3.17. The van der Waals surface area contributed by atoms with E-state index in [1.54, 1.807) is 7.11 Å². The molecule has 0 saturated heterocycles. The molecular weight excluding hydrogens is 232 g/mol. The molecule has 5 heteroatoms. The van der Waals surface area contributed by atoms with Gasteiger partial charge in [-0.05, 0) is 18.2 Å². The van der Waals surface area contributed by atoms with Crippen molar-refractivity contribution < 1.29 is 13.5 Å². The van der Waals surface area contributed by atoms with Crippen LogP contribution in [0.1, 0.15) is 0 Å². The van der Waals surface area contributed by atoms with Crippen molar-refractivity contribution in [3.05, 3.63) is 29.8 Å². The largest absolute Gasteiger partial charge is 0.383 e. The number of halogens is 2. The maximum Gasteiger partial charge on any atom is 0.136 e. The van der Waals surface area contributed by atoms with Gasteiger partial charge in [-0.25, -0.2) is 8.78 Å². The molecule has 1 N–H and O–H groups in total. The summed E-state index contributed by atoms with van der Waals surface area (Å²) in [6.45, 7) is 2.16. The Labute approximate surface area is 98.4 Å². The van der Waals surface area contributed by atoms with Gasteiger partial charge in [0.15, 0.2) is 0 Å². The molecular formula is C11H15F2NOS. The van der Waals surface area contributed by atoms with E-state index in [0.29, 0.717) is 17.3 Å². The first-order valence-electron chi connectivity index (χ1n) is 5.01. The van der Waals surface area contributed by atoms with Gasteiger partial charge in [0.2, 0.25) is 0 Å². The highest BCUT2D eigenvalue weighted by Crippen LogP contribution is 2.21. The van der Waals surface area contributed by atoms with E-state index in [0.717, 1.165) is 25.2 Å². The number of methoxy groups -OCH3 is 1. The molecule has 0 bridgehead atoms. The Hall–Kier alpha value is -0.650. The number of ether oxygens (including phenoxy) is 1. The first-order valence-corrected chi connectivity index (χ1v) is 6.00. The second-order valence-corrected chi connectivity index (χ2v) is 4.30. The van der Waals surface area contributed by atoms with Crippen LogP contribution in [0.2, 0.25) is 0 Å². The van der Waals surface area contributed by atoms with Crippen molar-refractivity contribution >= 4 is 11.8 Å². The molecule has 0 spiro atoms. The predicted molar refractivity (Wildman–Crippen MR) is 61.8 cm³/mol. The minimum absolute atomic E-state index is 0.355. The van der Waals surface area contributed by atoms with E-state index < -0.39 is 5.82 Å². The van der Waals surface area contributed by atoms with Gasteiger partial charge in [-0.2, -0.15) is 0 Å². The van der Waals surface area contributed by atoms with Crippen molar-refractivity contribution in [1.82, 2.24) is 5.32 Å². The third kappa shape index (κ3) is 4.92. The monoisotopic (exact) mass is 247 g/mol. The van der Waals surface area contributed by atoms with Crippen molar-refractivity contribution in [2.75, 3.05) is 32.6 Å². The average molecular weight is 247 g/mol. The van der Waals surface area contributed by atoms with Crippen LogP contribution in [0, 0.1) is 11.6 Å². The van der Waals surface area contributed by atoms with E-state index in [1.807, 2.05) is 0 Å². The fourth-order valence-corrected chi connectivity index (χ4v) is 1.99. The van der Waals surface area contributed by atoms with Crippen LogP contribution in [0.25, 0.3) is 0 Å². The summed E-state index contributed by atoms with van der Waals surface area (Å²) >= 11 is 1.30. The van der Waals surface area contributed by atoms with Crippen molar-refractivity contribution in [3.8, 4) is 0 Å². The van der Waals surface area contributed by atoms with Crippen molar-refractivity contribution in [1.29, 1.82) is 0 Å². The minimum atomic E-state index is -0.406. The molecule has 0 aromatic heterocycles. The van der Waals surface area contributed by atoms with Gasteiger partial charge < -0.3 is 10.1 Å². The highest BCUT2D eigenvalue weighted by atomic mass is 32.2. The smallest absolute Gasteiger partial charge is 0.136 e. The van der Waals surface area contributed by atoms with Crippen LogP contribution in [-0.2, 0) is 4.74 Å². The standard InChI is InChI=1S/C11H15F2NOS/c1-15-6-4-14-5-7-16-11-8-9(12)2-3-10(11)13/h2-3,8,14H,4-7H2,1H3. The fraction of sp³-hybridized carbons (Fsp3) is 0.455. The second kappa shape index (κ2) is 7.60. The molecule has 0 aliphatic carbocycles. The van der Waals surface area contributed by atoms with Crippen LogP contribution in [0.15, 0.2) is 23.1 Å². The Morgan fingerprint density at radius 3 is 2.88 bits per heavy atom. The SMILES string of the molecule is COCCNCCSc1cc(F)ccc1F. The van der Waals surface area contributed by atoms with Gasteiger partial charge in [0.05, 0.1) is 6.61 Å². The summed E-state index contributed by atoms with van der Waals surface area (Å²) in [7, 11) is 1.64. The van der Waals surface area contributed by atoms with Gasteiger partial charge in [0.1, 0.15) is 11.6 Å². The van der Waals surface area contributed by atoms with Gasteiger partial charge in [-0.15, -0.1) is 11.8 Å². The van der Waals surface area contributed by atoms with Crippen molar-refractivity contribution in [2.45, 2.75) is 4.90 Å². The fourth-order valence-electron chi connectivity index (χ4n) is 1.12. The van der Waals surface area contributed by atoms with Gasteiger partial charge in [0, 0.05) is 30.8 Å². The lowest BCUT2D eigenvalue weighted by Crippen LogP contribution is -2.21. The van der Waals surface area contributed by atoms with Crippen molar-refractivity contribution in [3.63, 3.8) is 0 Å². The number of hydrogen-bond acceptors (Lipinski definition) is 3. The third-order valence-electron chi connectivity index (χ3n) is 1.91. The van der Waals surface area contributed by atoms with E-state index in [9.17, 15) is 8.78 Å². The first kappa shape index (κ1) is 13.4. The van der Waals surface area contributed by atoms with Crippen LogP contribution >= 0.6 is 11.8 Å². The highest BCUT2D eigenvalue weighted by molar-refractivity contribution is 7.99. The summed E-state index contributed by atoms with van der Waals surface area (Å²) < 4.78 is 30.8. The van der Waals surface area contributed by atoms with Crippen LogP contribution in [-0.4, -0.2) is 32.6 Å². The molecule has 0 fully saturated rings. The molecule has 0 amide bonds. The van der Waals surface area contributed by atoms with Gasteiger partial charge in [-0.3, -0.25) is 0 Å². The number of nitrogens with one attached hydrogen (secondary N) is 1. The van der Waals surface area contributed by atoms with E-state index >= 15 is 0 Å². The van der Waals surface area contributed by atoms with Crippen LogP contribution in [0.4, 0.5) is 8.78 Å². The summed E-state index contributed by atoms with van der Waals surface area (Å²) in [6.07, 6.45) is 0. The molecule has 1 rings (SSSR count). The maximum atomic E-state index is 13.2. The number of rotatable bonds is 7. The minimum Gasteiger partial charge on any atom is -0.383 e. The molecule has 1 aromatic carbocycles. The molecule has 16 heavy (non-hydrogen) atoms. The number of hydrogen-bond donors (Lipinski definition) is 1. The van der Waals surface area contributed by atoms with Crippen molar-refractivity contribution in [2.24, 2.45) is 0 Å². The Bertz CT molecular complexity index is 323. The molecule has 1 aromatic rings. The van der Waals surface area contributed by atoms with E-state index in [2.05, 4.69) is 5.32 Å². The van der Waals surface area contributed by atoms with E-state index in [1.165, 1.54) is 17.8 Å². The molecule has 0 aliphatic heterocycles. The molecule has 0 radical (unpaired) electrons. The van der Waals surface area contributed by atoms with E-state index in [-0.39, 0.29) is 5.82 Å². The summed E-state index contributed by atoms with van der Waals surface area (Å²) in [6, 6.07) is 3.49. The molecule has 0 unspecified atom stereocenters. The van der Waals surface area contributed by atoms with E-state index in [4.69, 9.17) is 4.74 Å². The first-order chi connectivity index (χ1) is 7.74. The summed E-state index contributed by atoms with van der Waals surface area (Å²) in [5, 5.41) is 3.13. The molecule has 0 saturated carbocycles. The zero-order chi connectivity index (χ0) is 11.8. The normalized spacial score (nSPS) is 10.7. The number of benzene rings is 1. The Balaban J connectivity index is 2.23. The predicted octanol–water partition coefficient (Wildman–Crippen LogP) is 2.29. The lowest BCUT2D eigenvalue weighted by Gasteiger charge is -2.05. The third-order valence-corrected chi connectivity index (χ3v) is 2.94. The summed E-state index contributed by atoms with van der Waals surface area (Å²) in [5.41, 5.74) is 0. The Morgan fingerprint density at radius 2 is 2.12 bits per heavy atom. The molecule has 0 heterocycles. The molecule has 2 nitrogen and oxygen atoms in total. The maximum absolute atomic E-state index is 13.2. The lowest BCUT2D eigenvalue weighted by molar-refractivity contribution is 0.200. The quantitative estimate of drug-likeness (QED) is 0.590. The Kier molecular flexibility index (Phi) is 6.37.